The van der Waals surface area contributed by atoms with E-state index in [-0.39, 0.29) is 37.5 Å². The molecule has 0 spiro atoms. The minimum Gasteiger partial charge on any atom is -0.462 e. The Bertz CT molecular complexity index is 1810. The van der Waals surface area contributed by atoms with Crippen molar-refractivity contribution in [1.29, 1.82) is 0 Å². The molecule has 0 aromatic heterocycles. The molecule has 0 saturated carbocycles. The minimum atomic E-state index is -0.832. The lowest BCUT2D eigenvalue weighted by Gasteiger charge is -2.18. The van der Waals surface area contributed by atoms with E-state index >= 15 is 0 Å². The fraction of sp³-hybridized carbons (Fsp3) is 0.569. The molecule has 6 heteroatoms. The van der Waals surface area contributed by atoms with Crippen molar-refractivity contribution in [2.75, 3.05) is 13.2 Å². The Balaban J connectivity index is 4.47. The van der Waals surface area contributed by atoms with Crippen LogP contribution in [0.15, 0.2) is 170 Å². The molecule has 0 fully saturated rings. The van der Waals surface area contributed by atoms with Crippen molar-refractivity contribution in [3.05, 3.63) is 170 Å². The van der Waals surface area contributed by atoms with Crippen LogP contribution < -0.4 is 0 Å². The average Bonchev–Trinajstić information content (AvgIpc) is 3.44. The first kappa shape index (κ1) is 72.8. The van der Waals surface area contributed by atoms with E-state index in [1.54, 1.807) is 0 Å². The molecule has 0 amide bonds. The Labute approximate surface area is 479 Å². The van der Waals surface area contributed by atoms with Gasteiger partial charge in [-0.25, -0.2) is 0 Å². The number of carbonyl (C=O) groups is 3. The largest absolute Gasteiger partial charge is 0.462 e. The SMILES string of the molecule is CC/C=C\C/C=C\C/C=C\C/C=C\C/C=C\C/C=C\C/C=C\C/C=C\CCCCCCC(=O)OCC(COC(=O)CC/C=C\C/C=C\C/C=C\C/C=C\CC)OC(=O)CCCCCCCCC/C=C\C/C=C\CCCCCC. The number of allylic oxidation sites excluding steroid dienone is 28. The van der Waals surface area contributed by atoms with Gasteiger partial charge in [-0.05, 0) is 141 Å². The molecule has 0 bridgehead atoms. The zero-order chi connectivity index (χ0) is 56.4. The zero-order valence-electron chi connectivity index (χ0n) is 49.9. The molecule has 1 unspecified atom stereocenters. The predicted octanol–water partition coefficient (Wildman–Crippen LogP) is 21.5. The molecular formula is C72H112O6. The van der Waals surface area contributed by atoms with Crippen LogP contribution in [0.5, 0.6) is 0 Å². The van der Waals surface area contributed by atoms with Gasteiger partial charge >= 0.3 is 17.9 Å². The van der Waals surface area contributed by atoms with Crippen LogP contribution >= 0.6 is 0 Å². The van der Waals surface area contributed by atoms with Gasteiger partial charge in [0.05, 0.1) is 0 Å². The molecule has 0 rings (SSSR count). The molecule has 1 atom stereocenters. The van der Waals surface area contributed by atoms with Gasteiger partial charge in [-0.1, -0.05) is 255 Å². The standard InChI is InChI=1S/C72H112O6/c1-4-7-10-13-16-19-22-25-27-29-31-32-33-34-35-36-37-38-39-40-41-43-44-47-50-53-56-59-62-65-71(74)77-68-69(67-76-70(73)64-61-58-55-52-49-46-24-21-18-15-12-9-6-3)78-72(75)66-63-60-57-54-51-48-45-42-30-28-26-23-20-17-14-11-8-5-2/h7,9-10,12,16,18-21,23,25,27-28,30-32,34-35,37-38,40-41,44,46-47,49,55,58,69H,4-6,8,11,13-15,17,22,24,26,29,33,36,39,42-43,45,48,50-54,56-57,59-68H2,1-3H3/b10-7-,12-9-,19-16-,21-18-,23-20-,27-25-,30-28-,32-31-,35-34-,38-37-,41-40-,47-44-,49-46-,58-55-. The van der Waals surface area contributed by atoms with Crippen LogP contribution in [-0.2, 0) is 28.6 Å². The third-order valence-corrected chi connectivity index (χ3v) is 12.4. The summed E-state index contributed by atoms with van der Waals surface area (Å²) in [5.74, 6) is -1.05. The quantitative estimate of drug-likeness (QED) is 0.0261. The molecule has 0 aliphatic heterocycles. The first-order valence-corrected chi connectivity index (χ1v) is 31.1. The maximum Gasteiger partial charge on any atom is 0.306 e. The van der Waals surface area contributed by atoms with Crippen LogP contribution in [0.1, 0.15) is 245 Å². The average molecular weight is 1070 g/mol. The van der Waals surface area contributed by atoms with Crippen molar-refractivity contribution in [2.45, 2.75) is 252 Å². The molecule has 0 radical (unpaired) electrons. The maximum absolute atomic E-state index is 12.9. The summed E-state index contributed by atoms with van der Waals surface area (Å²) in [5, 5.41) is 0. The van der Waals surface area contributed by atoms with Crippen molar-refractivity contribution < 1.29 is 28.6 Å². The van der Waals surface area contributed by atoms with Crippen molar-refractivity contribution >= 4 is 17.9 Å². The Kier molecular flexibility index (Phi) is 60.0. The van der Waals surface area contributed by atoms with E-state index in [0.29, 0.717) is 19.3 Å². The lowest BCUT2D eigenvalue weighted by molar-refractivity contribution is -0.166. The van der Waals surface area contributed by atoms with Gasteiger partial charge in [0, 0.05) is 19.3 Å². The summed E-state index contributed by atoms with van der Waals surface area (Å²) in [6.45, 7) is 6.29. The van der Waals surface area contributed by atoms with E-state index in [0.717, 1.165) is 148 Å². The molecule has 0 saturated heterocycles. The van der Waals surface area contributed by atoms with Gasteiger partial charge in [-0.15, -0.1) is 0 Å². The van der Waals surface area contributed by atoms with Crippen molar-refractivity contribution in [2.24, 2.45) is 0 Å². The fourth-order valence-electron chi connectivity index (χ4n) is 7.85. The molecule has 78 heavy (non-hydrogen) atoms. The monoisotopic (exact) mass is 1070 g/mol. The van der Waals surface area contributed by atoms with Crippen molar-refractivity contribution in [3.63, 3.8) is 0 Å². The molecule has 436 valence electrons. The third-order valence-electron chi connectivity index (χ3n) is 12.4. The highest BCUT2D eigenvalue weighted by atomic mass is 16.6. The lowest BCUT2D eigenvalue weighted by atomic mass is 10.1. The lowest BCUT2D eigenvalue weighted by Crippen LogP contribution is -2.30. The van der Waals surface area contributed by atoms with Crippen LogP contribution in [0, 0.1) is 0 Å². The topological polar surface area (TPSA) is 78.9 Å². The highest BCUT2D eigenvalue weighted by molar-refractivity contribution is 5.71. The Morgan fingerprint density at radius 1 is 0.269 bits per heavy atom. The zero-order valence-corrected chi connectivity index (χ0v) is 49.9. The van der Waals surface area contributed by atoms with Gasteiger partial charge in [0.1, 0.15) is 13.2 Å². The summed E-state index contributed by atoms with van der Waals surface area (Å²) in [6, 6.07) is 0. The second-order valence-electron chi connectivity index (χ2n) is 19.8. The smallest absolute Gasteiger partial charge is 0.306 e. The molecule has 0 aromatic carbocycles. The van der Waals surface area contributed by atoms with Gasteiger partial charge in [0.25, 0.3) is 0 Å². The summed E-state index contributed by atoms with van der Waals surface area (Å²) >= 11 is 0. The third kappa shape index (κ3) is 61.6. The molecule has 0 aromatic rings. The Morgan fingerprint density at radius 3 is 0.859 bits per heavy atom. The number of rotatable bonds is 54. The summed E-state index contributed by atoms with van der Waals surface area (Å²) in [5.41, 5.74) is 0. The van der Waals surface area contributed by atoms with Gasteiger partial charge in [-0.2, -0.15) is 0 Å². The van der Waals surface area contributed by atoms with Crippen LogP contribution in [0.25, 0.3) is 0 Å². The molecule has 0 heterocycles. The molecule has 6 nitrogen and oxygen atoms in total. The molecule has 0 aliphatic carbocycles. The summed E-state index contributed by atoms with van der Waals surface area (Å²) in [7, 11) is 0. The second kappa shape index (κ2) is 64.3. The number of ether oxygens (including phenoxy) is 3. The first-order valence-electron chi connectivity index (χ1n) is 31.1. The van der Waals surface area contributed by atoms with Crippen LogP contribution in [0.3, 0.4) is 0 Å². The van der Waals surface area contributed by atoms with Crippen LogP contribution in [0.4, 0.5) is 0 Å². The summed E-state index contributed by atoms with van der Waals surface area (Å²) in [6.07, 6.45) is 95.1. The van der Waals surface area contributed by atoms with E-state index in [1.807, 2.05) is 12.2 Å². The van der Waals surface area contributed by atoms with Gasteiger partial charge in [0.2, 0.25) is 0 Å². The molecular weight excluding hydrogens is 961 g/mol. The number of carbonyl (C=O) groups excluding carboxylic acids is 3. The van der Waals surface area contributed by atoms with E-state index in [4.69, 9.17) is 14.2 Å². The Hall–Kier alpha value is -5.23. The van der Waals surface area contributed by atoms with Gasteiger partial charge < -0.3 is 14.2 Å². The van der Waals surface area contributed by atoms with Crippen LogP contribution in [0.2, 0.25) is 0 Å². The van der Waals surface area contributed by atoms with Crippen molar-refractivity contribution in [3.8, 4) is 0 Å². The van der Waals surface area contributed by atoms with Crippen molar-refractivity contribution in [1.82, 2.24) is 0 Å². The highest BCUT2D eigenvalue weighted by Gasteiger charge is 2.19. The molecule has 0 N–H and O–H groups in total. The normalized spacial score (nSPS) is 13.3. The van der Waals surface area contributed by atoms with E-state index < -0.39 is 6.10 Å². The van der Waals surface area contributed by atoms with Gasteiger partial charge in [0.15, 0.2) is 6.10 Å². The second-order valence-corrected chi connectivity index (χ2v) is 19.8. The number of esters is 3. The number of hydrogen-bond donors (Lipinski definition) is 0. The maximum atomic E-state index is 12.9. The minimum absolute atomic E-state index is 0.125. The number of hydrogen-bond acceptors (Lipinski definition) is 6. The Morgan fingerprint density at radius 2 is 0.526 bits per heavy atom. The predicted molar refractivity (Wildman–Crippen MR) is 338 cm³/mol. The highest BCUT2D eigenvalue weighted by Crippen LogP contribution is 2.13. The molecule has 0 aliphatic rings. The number of unbranched alkanes of at least 4 members (excludes halogenated alkanes) is 15. The first-order chi connectivity index (χ1) is 38.5. The van der Waals surface area contributed by atoms with Crippen LogP contribution in [-0.4, -0.2) is 37.2 Å². The van der Waals surface area contributed by atoms with E-state index in [1.165, 1.54) is 51.4 Å². The summed E-state index contributed by atoms with van der Waals surface area (Å²) < 4.78 is 16.8. The van der Waals surface area contributed by atoms with E-state index in [9.17, 15) is 14.4 Å². The summed E-state index contributed by atoms with van der Waals surface area (Å²) in [4.78, 5) is 38.2. The fourth-order valence-corrected chi connectivity index (χ4v) is 7.85. The van der Waals surface area contributed by atoms with E-state index in [2.05, 4.69) is 179 Å². The van der Waals surface area contributed by atoms with Gasteiger partial charge in [-0.3, -0.25) is 14.4 Å².